The minimum Gasteiger partial charge on any atom is -0.381 e. The third kappa shape index (κ3) is 4.14. The van der Waals surface area contributed by atoms with Crippen molar-refractivity contribution in [1.29, 1.82) is 0 Å². The van der Waals surface area contributed by atoms with Crippen molar-refractivity contribution in [2.75, 3.05) is 33.9 Å². The summed E-state index contributed by atoms with van der Waals surface area (Å²) in [5.41, 5.74) is 2.26. The second kappa shape index (κ2) is 7.97. The van der Waals surface area contributed by atoms with Crippen LogP contribution < -0.4 is 5.32 Å². The summed E-state index contributed by atoms with van der Waals surface area (Å²) in [6.45, 7) is 3.43. The summed E-state index contributed by atoms with van der Waals surface area (Å²) in [5.74, 6) is 1.50. The smallest absolute Gasteiger partial charge is 0.193 e. The molecule has 6 nitrogen and oxygen atoms in total. The largest absolute Gasteiger partial charge is 0.381 e. The molecular weight excluding hydrogens is 302 g/mol. The maximum absolute atomic E-state index is 5.45. The average Bonchev–Trinajstić information content (AvgIpc) is 3.29. The molecule has 2 heterocycles. The van der Waals surface area contributed by atoms with E-state index in [2.05, 4.69) is 51.6 Å². The minimum atomic E-state index is 0.594. The predicted octanol–water partition coefficient (Wildman–Crippen LogP) is 1.92. The molecule has 1 N–H and O–H groups in total. The molecule has 1 aromatic carbocycles. The zero-order valence-electron chi connectivity index (χ0n) is 14.4. The van der Waals surface area contributed by atoms with Crippen molar-refractivity contribution in [2.24, 2.45) is 10.9 Å². The van der Waals surface area contributed by atoms with Crippen LogP contribution in [0, 0.1) is 5.92 Å². The van der Waals surface area contributed by atoms with Crippen LogP contribution in [0.5, 0.6) is 0 Å². The number of hydrogen-bond donors (Lipinski definition) is 1. The number of nitrogens with zero attached hydrogens (tertiary/aromatic N) is 4. The normalized spacial score (nSPS) is 17.9. The van der Waals surface area contributed by atoms with E-state index in [9.17, 15) is 0 Å². The van der Waals surface area contributed by atoms with E-state index >= 15 is 0 Å². The van der Waals surface area contributed by atoms with Crippen molar-refractivity contribution in [1.82, 2.24) is 20.0 Å². The van der Waals surface area contributed by atoms with E-state index in [4.69, 9.17) is 4.74 Å². The molecule has 24 heavy (non-hydrogen) atoms. The molecule has 0 amide bonds. The van der Waals surface area contributed by atoms with Crippen molar-refractivity contribution >= 4 is 5.96 Å². The van der Waals surface area contributed by atoms with E-state index in [1.807, 2.05) is 24.0 Å². The van der Waals surface area contributed by atoms with Crippen LogP contribution in [0.15, 0.2) is 47.7 Å². The molecule has 0 saturated carbocycles. The second-order valence-corrected chi connectivity index (χ2v) is 6.13. The van der Waals surface area contributed by atoms with Crippen LogP contribution in [0.2, 0.25) is 0 Å². The molecule has 2 aromatic rings. The number of aromatic nitrogens is 2. The Morgan fingerprint density at radius 2 is 2.38 bits per heavy atom. The van der Waals surface area contributed by atoms with Crippen LogP contribution >= 0.6 is 0 Å². The molecule has 0 radical (unpaired) electrons. The maximum atomic E-state index is 5.45. The number of nitrogens with one attached hydrogen (secondary N) is 1. The molecule has 0 aliphatic carbocycles. The average molecular weight is 327 g/mol. The van der Waals surface area contributed by atoms with Gasteiger partial charge in [0.05, 0.1) is 12.3 Å². The van der Waals surface area contributed by atoms with Crippen LogP contribution in [0.3, 0.4) is 0 Å². The molecule has 1 aliphatic heterocycles. The summed E-state index contributed by atoms with van der Waals surface area (Å²) in [4.78, 5) is 6.57. The topological polar surface area (TPSA) is 54.7 Å². The third-order valence-corrected chi connectivity index (χ3v) is 4.26. The minimum absolute atomic E-state index is 0.594. The van der Waals surface area contributed by atoms with Gasteiger partial charge in [-0.15, -0.1) is 0 Å². The highest BCUT2D eigenvalue weighted by Crippen LogP contribution is 2.13. The van der Waals surface area contributed by atoms with E-state index in [-0.39, 0.29) is 0 Å². The number of guanidine groups is 1. The van der Waals surface area contributed by atoms with Crippen molar-refractivity contribution in [2.45, 2.75) is 13.0 Å². The zero-order valence-corrected chi connectivity index (χ0v) is 14.4. The highest BCUT2D eigenvalue weighted by Gasteiger charge is 2.18. The van der Waals surface area contributed by atoms with Crippen LogP contribution in [0.25, 0.3) is 5.69 Å². The Morgan fingerprint density at radius 1 is 1.46 bits per heavy atom. The van der Waals surface area contributed by atoms with E-state index in [1.165, 1.54) is 5.56 Å². The molecule has 1 aliphatic rings. The molecular formula is C18H25N5O. The first-order valence-electron chi connectivity index (χ1n) is 8.35. The zero-order chi connectivity index (χ0) is 16.8. The van der Waals surface area contributed by atoms with E-state index < -0.39 is 0 Å². The molecule has 0 spiro atoms. The molecule has 6 heteroatoms. The first kappa shape index (κ1) is 16.5. The highest BCUT2D eigenvalue weighted by atomic mass is 16.5. The maximum Gasteiger partial charge on any atom is 0.193 e. The second-order valence-electron chi connectivity index (χ2n) is 6.13. The van der Waals surface area contributed by atoms with Crippen LogP contribution in [-0.4, -0.2) is 54.5 Å². The molecule has 1 unspecified atom stereocenters. The Balaban J connectivity index is 1.58. The monoisotopic (exact) mass is 327 g/mol. The fraction of sp³-hybridized carbons (Fsp3) is 0.444. The lowest BCUT2D eigenvalue weighted by molar-refractivity contribution is 0.181. The fourth-order valence-corrected chi connectivity index (χ4v) is 3.00. The lowest BCUT2D eigenvalue weighted by Gasteiger charge is -2.24. The predicted molar refractivity (Wildman–Crippen MR) is 95.3 cm³/mol. The first-order chi connectivity index (χ1) is 11.8. The molecule has 1 saturated heterocycles. The quantitative estimate of drug-likeness (QED) is 0.673. The van der Waals surface area contributed by atoms with Crippen molar-refractivity contribution in [3.05, 3.63) is 48.3 Å². The number of ether oxygens (including phenoxy) is 1. The fourth-order valence-electron chi connectivity index (χ4n) is 3.00. The van der Waals surface area contributed by atoms with Crippen LogP contribution in [-0.2, 0) is 11.3 Å². The molecule has 1 aromatic heterocycles. The lowest BCUT2D eigenvalue weighted by Crippen LogP contribution is -2.41. The number of rotatable bonds is 5. The van der Waals surface area contributed by atoms with Gasteiger partial charge in [-0.2, -0.15) is 5.10 Å². The van der Waals surface area contributed by atoms with Crippen molar-refractivity contribution < 1.29 is 4.74 Å². The number of aliphatic imine (C=N–C) groups is 1. The van der Waals surface area contributed by atoms with Gasteiger partial charge in [0.25, 0.3) is 0 Å². The van der Waals surface area contributed by atoms with Gasteiger partial charge in [0, 0.05) is 52.1 Å². The van der Waals surface area contributed by atoms with Gasteiger partial charge in [0.15, 0.2) is 5.96 Å². The van der Waals surface area contributed by atoms with Gasteiger partial charge in [-0.3, -0.25) is 4.99 Å². The summed E-state index contributed by atoms with van der Waals surface area (Å²) < 4.78 is 7.32. The van der Waals surface area contributed by atoms with Gasteiger partial charge >= 0.3 is 0 Å². The summed E-state index contributed by atoms with van der Waals surface area (Å²) in [7, 11) is 3.90. The van der Waals surface area contributed by atoms with Gasteiger partial charge in [-0.05, 0) is 30.2 Å². The van der Waals surface area contributed by atoms with E-state index in [1.54, 1.807) is 6.20 Å². The summed E-state index contributed by atoms with van der Waals surface area (Å²) in [5, 5.41) is 7.71. The molecule has 0 bridgehead atoms. The Morgan fingerprint density at radius 3 is 3.08 bits per heavy atom. The summed E-state index contributed by atoms with van der Waals surface area (Å²) in [6, 6.07) is 10.3. The Bertz CT molecular complexity index is 662. The van der Waals surface area contributed by atoms with Crippen molar-refractivity contribution in [3.63, 3.8) is 0 Å². The van der Waals surface area contributed by atoms with Gasteiger partial charge in [-0.1, -0.05) is 12.1 Å². The van der Waals surface area contributed by atoms with Crippen molar-refractivity contribution in [3.8, 4) is 5.69 Å². The Labute approximate surface area is 143 Å². The third-order valence-electron chi connectivity index (χ3n) is 4.26. The number of benzene rings is 1. The van der Waals surface area contributed by atoms with Gasteiger partial charge in [0.2, 0.25) is 0 Å². The SMILES string of the molecule is CN=C(NCc1cccc(-n2cccn2)c1)N(C)CC1CCOC1. The molecule has 1 atom stereocenters. The molecule has 128 valence electrons. The van der Waals surface area contributed by atoms with Gasteiger partial charge in [-0.25, -0.2) is 4.68 Å². The Hall–Kier alpha value is -2.34. The van der Waals surface area contributed by atoms with Gasteiger partial charge in [0.1, 0.15) is 0 Å². The van der Waals surface area contributed by atoms with Crippen LogP contribution in [0.4, 0.5) is 0 Å². The number of hydrogen-bond acceptors (Lipinski definition) is 3. The summed E-state index contributed by atoms with van der Waals surface area (Å²) in [6.07, 6.45) is 4.87. The first-order valence-corrected chi connectivity index (χ1v) is 8.35. The Kier molecular flexibility index (Phi) is 5.48. The van der Waals surface area contributed by atoms with E-state index in [0.29, 0.717) is 5.92 Å². The molecule has 3 rings (SSSR count). The van der Waals surface area contributed by atoms with Crippen LogP contribution in [0.1, 0.15) is 12.0 Å². The standard InChI is InChI=1S/C18H25N5O/c1-19-18(22(2)13-16-7-10-24-14-16)20-12-15-5-3-6-17(11-15)23-9-4-8-21-23/h3-6,8-9,11,16H,7,10,12-14H2,1-2H3,(H,19,20). The molecule has 1 fully saturated rings. The highest BCUT2D eigenvalue weighted by molar-refractivity contribution is 5.79. The summed E-state index contributed by atoms with van der Waals surface area (Å²) >= 11 is 0. The lowest BCUT2D eigenvalue weighted by atomic mass is 10.1. The van der Waals surface area contributed by atoms with E-state index in [0.717, 1.165) is 44.4 Å². The van der Waals surface area contributed by atoms with Gasteiger partial charge < -0.3 is 15.0 Å².